The summed E-state index contributed by atoms with van der Waals surface area (Å²) < 4.78 is 1.66. The molecule has 1 amide bonds. The maximum Gasteiger partial charge on any atom is 0.348 e. The molecule has 0 unspecified atom stereocenters. The van der Waals surface area contributed by atoms with Gasteiger partial charge in [0.05, 0.1) is 5.75 Å². The third-order valence-corrected chi connectivity index (χ3v) is 6.05. The lowest BCUT2D eigenvalue weighted by atomic mass is 10.2. The first-order chi connectivity index (χ1) is 13.0. The number of carbonyl (C=O) groups excluding carboxylic acids is 1. The molecule has 0 radical (unpaired) electrons. The first kappa shape index (κ1) is 19.9. The van der Waals surface area contributed by atoms with Crippen LogP contribution in [0.5, 0.6) is 0 Å². The van der Waals surface area contributed by atoms with E-state index >= 15 is 0 Å². The van der Waals surface area contributed by atoms with Crippen LogP contribution >= 0.6 is 23.4 Å². The molecular weight excluding hydrogens is 386 g/mol. The van der Waals surface area contributed by atoms with Crippen molar-refractivity contribution < 1.29 is 9.90 Å². The van der Waals surface area contributed by atoms with E-state index in [0.29, 0.717) is 28.7 Å². The first-order valence-corrected chi connectivity index (χ1v) is 10.3. The van der Waals surface area contributed by atoms with Gasteiger partial charge in [0.15, 0.2) is 0 Å². The molecule has 0 saturated heterocycles. The Bertz CT molecular complexity index is 914. The van der Waals surface area contributed by atoms with Crippen LogP contribution in [0.1, 0.15) is 29.7 Å². The number of anilines is 1. The van der Waals surface area contributed by atoms with Crippen LogP contribution in [0.3, 0.4) is 0 Å². The number of nitrogens with zero attached hydrogens (tertiary/aromatic N) is 2. The summed E-state index contributed by atoms with van der Waals surface area (Å²) in [5.41, 5.74) is 3.26. The van der Waals surface area contributed by atoms with Crippen LogP contribution in [0.25, 0.3) is 0 Å². The lowest BCUT2D eigenvalue weighted by Crippen LogP contribution is -2.28. The molecule has 1 heterocycles. The molecule has 27 heavy (non-hydrogen) atoms. The van der Waals surface area contributed by atoms with E-state index in [1.54, 1.807) is 16.7 Å². The summed E-state index contributed by atoms with van der Waals surface area (Å²) >= 11 is 7.37. The molecule has 0 atom stereocenters. The van der Waals surface area contributed by atoms with Crippen molar-refractivity contribution in [1.82, 2.24) is 9.55 Å². The van der Waals surface area contributed by atoms with Crippen molar-refractivity contribution in [3.8, 4) is 0 Å². The summed E-state index contributed by atoms with van der Waals surface area (Å²) in [6, 6.07) is 5.38. The van der Waals surface area contributed by atoms with E-state index in [1.807, 2.05) is 13.0 Å². The number of halogens is 1. The van der Waals surface area contributed by atoms with Crippen LogP contribution in [0.15, 0.2) is 28.0 Å². The second-order valence-corrected chi connectivity index (χ2v) is 7.83. The molecule has 3 rings (SSSR count). The number of hydrogen-bond acceptors (Lipinski definition) is 5. The molecule has 1 aromatic carbocycles. The Morgan fingerprint density at radius 2 is 2.22 bits per heavy atom. The molecule has 1 aliphatic carbocycles. The minimum Gasteiger partial charge on any atom is -0.396 e. The van der Waals surface area contributed by atoms with Gasteiger partial charge >= 0.3 is 5.69 Å². The summed E-state index contributed by atoms with van der Waals surface area (Å²) in [5, 5.41) is 13.1. The number of amides is 1. The number of aromatic nitrogens is 2. The van der Waals surface area contributed by atoms with Crippen molar-refractivity contribution in [1.29, 1.82) is 0 Å². The normalized spacial score (nSPS) is 12.9. The topological polar surface area (TPSA) is 84.2 Å². The van der Waals surface area contributed by atoms with Crippen molar-refractivity contribution in [2.24, 2.45) is 0 Å². The largest absolute Gasteiger partial charge is 0.396 e. The molecule has 1 aliphatic rings. The third-order valence-electron chi connectivity index (χ3n) is 4.62. The van der Waals surface area contributed by atoms with Gasteiger partial charge in [-0.05, 0) is 50.3 Å². The van der Waals surface area contributed by atoms with Crippen molar-refractivity contribution >= 4 is 35.0 Å². The van der Waals surface area contributed by atoms with Crippen molar-refractivity contribution in [3.63, 3.8) is 0 Å². The minimum atomic E-state index is -0.308. The number of hydrogen-bond donors (Lipinski definition) is 2. The number of aliphatic hydroxyl groups excluding tert-OH is 1. The molecule has 1 aromatic heterocycles. The van der Waals surface area contributed by atoms with Gasteiger partial charge in [-0.25, -0.2) is 4.79 Å². The number of benzene rings is 1. The second kappa shape index (κ2) is 8.91. The van der Waals surface area contributed by atoms with Crippen molar-refractivity contribution in [2.75, 3.05) is 17.7 Å². The standard InChI is InChI=1S/C19H22ClN3O3S/c1-12-14(20)6-3-7-15(12)21-17(25)11-27-18-13-5-2-8-16(13)23(9-4-10-24)19(26)22-18/h3,6-7,24H,2,4-5,8-11H2,1H3,(H,21,25). The van der Waals surface area contributed by atoms with Crippen LogP contribution in [0.2, 0.25) is 5.02 Å². The van der Waals surface area contributed by atoms with Gasteiger partial charge in [-0.1, -0.05) is 29.4 Å². The quantitative estimate of drug-likeness (QED) is 0.544. The van der Waals surface area contributed by atoms with E-state index < -0.39 is 0 Å². The predicted molar refractivity (Wildman–Crippen MR) is 108 cm³/mol. The maximum absolute atomic E-state index is 12.4. The van der Waals surface area contributed by atoms with Crippen LogP contribution in [0.4, 0.5) is 5.69 Å². The van der Waals surface area contributed by atoms with E-state index in [4.69, 9.17) is 16.7 Å². The molecule has 2 aromatic rings. The molecule has 6 nitrogen and oxygen atoms in total. The summed E-state index contributed by atoms with van der Waals surface area (Å²) in [5.74, 6) is 0.00857. The van der Waals surface area contributed by atoms with E-state index in [9.17, 15) is 9.59 Å². The fraction of sp³-hybridized carbons (Fsp3) is 0.421. The summed E-state index contributed by atoms with van der Waals surface area (Å²) in [7, 11) is 0. The Morgan fingerprint density at radius 1 is 1.41 bits per heavy atom. The monoisotopic (exact) mass is 407 g/mol. The third kappa shape index (κ3) is 4.54. The number of carbonyl (C=O) groups is 1. The zero-order chi connectivity index (χ0) is 19.4. The second-order valence-electron chi connectivity index (χ2n) is 6.46. The van der Waals surface area contributed by atoms with E-state index in [1.165, 1.54) is 11.8 Å². The minimum absolute atomic E-state index is 0.0425. The molecule has 0 saturated carbocycles. The highest BCUT2D eigenvalue weighted by Gasteiger charge is 2.22. The van der Waals surface area contributed by atoms with Crippen LogP contribution in [-0.4, -0.2) is 32.9 Å². The number of fused-ring (bicyclic) bond motifs is 1. The van der Waals surface area contributed by atoms with E-state index in [2.05, 4.69) is 10.3 Å². The van der Waals surface area contributed by atoms with Crippen LogP contribution in [0, 0.1) is 6.92 Å². The maximum atomic E-state index is 12.4. The number of thioether (sulfide) groups is 1. The molecule has 8 heteroatoms. The highest BCUT2D eigenvalue weighted by atomic mass is 35.5. The SMILES string of the molecule is Cc1c(Cl)cccc1NC(=O)CSc1nc(=O)n(CCCO)c2c1CCC2. The Morgan fingerprint density at radius 3 is 3.00 bits per heavy atom. The van der Waals surface area contributed by atoms with Crippen molar-refractivity contribution in [2.45, 2.75) is 44.2 Å². The molecule has 0 fully saturated rings. The Balaban J connectivity index is 1.72. The molecule has 0 aliphatic heterocycles. The van der Waals surface area contributed by atoms with E-state index in [-0.39, 0.29) is 24.0 Å². The Hall–Kier alpha value is -1.83. The zero-order valence-electron chi connectivity index (χ0n) is 15.1. The number of aliphatic hydroxyl groups is 1. The molecule has 144 valence electrons. The Kier molecular flexibility index (Phi) is 6.57. The summed E-state index contributed by atoms with van der Waals surface area (Å²) in [6.07, 6.45) is 3.20. The van der Waals surface area contributed by atoms with Crippen molar-refractivity contribution in [3.05, 3.63) is 50.5 Å². The number of rotatable bonds is 7. The molecule has 2 N–H and O–H groups in total. The van der Waals surface area contributed by atoms with Gasteiger partial charge in [0.1, 0.15) is 5.03 Å². The van der Waals surface area contributed by atoms with Gasteiger partial charge in [-0.15, -0.1) is 0 Å². The predicted octanol–water partition coefficient (Wildman–Crippen LogP) is 2.81. The fourth-order valence-electron chi connectivity index (χ4n) is 3.23. The summed E-state index contributed by atoms with van der Waals surface area (Å²) in [6.45, 7) is 2.37. The fourth-order valence-corrected chi connectivity index (χ4v) is 4.28. The zero-order valence-corrected chi connectivity index (χ0v) is 16.7. The molecule has 0 spiro atoms. The molecular formula is C19H22ClN3O3S. The van der Waals surface area contributed by atoms with E-state index in [0.717, 1.165) is 36.1 Å². The average Bonchev–Trinajstić information content (AvgIpc) is 3.13. The number of nitrogens with one attached hydrogen (secondary N) is 1. The van der Waals surface area contributed by atoms with Gasteiger partial charge in [-0.2, -0.15) is 4.98 Å². The van der Waals surface area contributed by atoms with Gasteiger partial charge in [0, 0.05) is 35.1 Å². The van der Waals surface area contributed by atoms with Gasteiger partial charge in [0.2, 0.25) is 5.91 Å². The Labute approximate surface area is 167 Å². The van der Waals surface area contributed by atoms with Gasteiger partial charge in [-0.3, -0.25) is 9.36 Å². The molecule has 0 bridgehead atoms. The summed E-state index contributed by atoms with van der Waals surface area (Å²) in [4.78, 5) is 28.9. The highest BCUT2D eigenvalue weighted by molar-refractivity contribution is 8.00. The van der Waals surface area contributed by atoms with Crippen LogP contribution < -0.4 is 11.0 Å². The van der Waals surface area contributed by atoms with Gasteiger partial charge < -0.3 is 10.4 Å². The lowest BCUT2D eigenvalue weighted by Gasteiger charge is -2.14. The smallest absolute Gasteiger partial charge is 0.348 e. The highest BCUT2D eigenvalue weighted by Crippen LogP contribution is 2.29. The average molecular weight is 408 g/mol. The van der Waals surface area contributed by atoms with Gasteiger partial charge in [0.25, 0.3) is 0 Å². The lowest BCUT2D eigenvalue weighted by molar-refractivity contribution is -0.113. The van der Waals surface area contributed by atoms with Crippen LogP contribution in [-0.2, 0) is 24.2 Å². The first-order valence-electron chi connectivity index (χ1n) is 8.92.